The van der Waals surface area contributed by atoms with E-state index in [1.807, 2.05) is 24.3 Å². The minimum Gasteiger partial charge on any atom is -0.351 e. The molecule has 3 rings (SSSR count). The van der Waals surface area contributed by atoms with Crippen LogP contribution in [0.4, 0.5) is 5.69 Å². The number of carbonyl (C=O) groups is 2. The standard InChI is InChI=1S/C24H26BrClN2O2/c1-2-8-22(29)28(21-12-7-6-11-20(21)25)23(17-13-15-18(26)16-14-17)24(30)27-19-9-4-3-5-10-19/h2,6-7,11-16,19,23H,1,3-5,8-10H2,(H,27,30). The summed E-state index contributed by atoms with van der Waals surface area (Å²) in [5, 5.41) is 3.77. The molecule has 158 valence electrons. The largest absolute Gasteiger partial charge is 0.351 e. The molecule has 0 saturated heterocycles. The minimum absolute atomic E-state index is 0.127. The Labute approximate surface area is 191 Å². The number of benzene rings is 2. The van der Waals surface area contributed by atoms with Crippen LogP contribution in [0.5, 0.6) is 0 Å². The van der Waals surface area contributed by atoms with Crippen molar-refractivity contribution in [2.45, 2.75) is 50.6 Å². The van der Waals surface area contributed by atoms with E-state index in [0.29, 0.717) is 16.3 Å². The molecule has 2 amide bonds. The molecule has 1 saturated carbocycles. The molecule has 0 spiro atoms. The molecule has 30 heavy (non-hydrogen) atoms. The molecule has 4 nitrogen and oxygen atoms in total. The number of amides is 2. The molecule has 0 heterocycles. The second-order valence-electron chi connectivity index (χ2n) is 7.51. The van der Waals surface area contributed by atoms with E-state index in [4.69, 9.17) is 11.6 Å². The third-order valence-electron chi connectivity index (χ3n) is 5.34. The number of nitrogens with one attached hydrogen (secondary N) is 1. The monoisotopic (exact) mass is 488 g/mol. The molecule has 1 atom stereocenters. The number of anilines is 1. The molecule has 1 aliphatic carbocycles. The Morgan fingerprint density at radius 2 is 1.80 bits per heavy atom. The van der Waals surface area contributed by atoms with Crippen molar-refractivity contribution >= 4 is 45.0 Å². The Morgan fingerprint density at radius 3 is 2.43 bits per heavy atom. The van der Waals surface area contributed by atoms with Crippen molar-refractivity contribution in [1.29, 1.82) is 0 Å². The fraction of sp³-hybridized carbons (Fsp3) is 0.333. The number of nitrogens with zero attached hydrogens (tertiary/aromatic N) is 1. The van der Waals surface area contributed by atoms with Gasteiger partial charge in [-0.2, -0.15) is 0 Å². The summed E-state index contributed by atoms with van der Waals surface area (Å²) < 4.78 is 0.742. The summed E-state index contributed by atoms with van der Waals surface area (Å²) in [6, 6.07) is 13.9. The summed E-state index contributed by atoms with van der Waals surface area (Å²) in [4.78, 5) is 28.3. The summed E-state index contributed by atoms with van der Waals surface area (Å²) in [6.07, 6.45) is 7.05. The fourth-order valence-corrected chi connectivity index (χ4v) is 4.48. The van der Waals surface area contributed by atoms with Gasteiger partial charge >= 0.3 is 0 Å². The van der Waals surface area contributed by atoms with Crippen molar-refractivity contribution in [2.24, 2.45) is 0 Å². The normalized spacial score (nSPS) is 15.3. The average molecular weight is 490 g/mol. The number of halogens is 2. The van der Waals surface area contributed by atoms with Gasteiger partial charge in [0.25, 0.3) is 0 Å². The van der Waals surface area contributed by atoms with Crippen LogP contribution in [0, 0.1) is 0 Å². The van der Waals surface area contributed by atoms with Crippen molar-refractivity contribution in [1.82, 2.24) is 5.32 Å². The van der Waals surface area contributed by atoms with Crippen LogP contribution >= 0.6 is 27.5 Å². The first kappa shape index (κ1) is 22.6. The third-order valence-corrected chi connectivity index (χ3v) is 6.27. The number of hydrogen-bond donors (Lipinski definition) is 1. The van der Waals surface area contributed by atoms with Gasteiger partial charge in [-0.25, -0.2) is 0 Å². The van der Waals surface area contributed by atoms with E-state index in [2.05, 4.69) is 27.8 Å². The zero-order chi connectivity index (χ0) is 21.5. The Bertz CT molecular complexity index is 894. The lowest BCUT2D eigenvalue weighted by Crippen LogP contribution is -2.47. The Morgan fingerprint density at radius 1 is 1.13 bits per heavy atom. The molecule has 1 fully saturated rings. The van der Waals surface area contributed by atoms with Crippen molar-refractivity contribution < 1.29 is 9.59 Å². The Kier molecular flexibility index (Phi) is 8.11. The van der Waals surface area contributed by atoms with Gasteiger partial charge in [-0.15, -0.1) is 6.58 Å². The van der Waals surface area contributed by atoms with Crippen molar-refractivity contribution in [3.05, 3.63) is 76.2 Å². The number of carbonyl (C=O) groups excluding carboxylic acids is 2. The summed E-state index contributed by atoms with van der Waals surface area (Å²) in [6.45, 7) is 3.70. The van der Waals surface area contributed by atoms with Gasteiger partial charge in [0.15, 0.2) is 0 Å². The summed E-state index contributed by atoms with van der Waals surface area (Å²) >= 11 is 9.63. The van der Waals surface area contributed by atoms with Crippen LogP contribution < -0.4 is 10.2 Å². The highest BCUT2D eigenvalue weighted by Gasteiger charge is 2.34. The van der Waals surface area contributed by atoms with Crippen LogP contribution in [0.1, 0.15) is 50.1 Å². The maximum atomic E-state index is 13.6. The number of hydrogen-bond acceptors (Lipinski definition) is 2. The second-order valence-corrected chi connectivity index (χ2v) is 8.80. The molecular weight excluding hydrogens is 464 g/mol. The Balaban J connectivity index is 2.04. The van der Waals surface area contributed by atoms with Crippen LogP contribution in [0.3, 0.4) is 0 Å². The molecule has 1 N–H and O–H groups in total. The first-order chi connectivity index (χ1) is 14.5. The minimum atomic E-state index is -0.810. The SMILES string of the molecule is C=CCC(=O)N(c1ccccc1Br)C(C(=O)NC1CCCCC1)c1ccc(Cl)cc1. The van der Waals surface area contributed by atoms with Crippen molar-refractivity contribution in [3.8, 4) is 0 Å². The summed E-state index contributed by atoms with van der Waals surface area (Å²) in [7, 11) is 0. The topological polar surface area (TPSA) is 49.4 Å². The predicted octanol–water partition coefficient (Wildman–Crippen LogP) is 6.20. The zero-order valence-electron chi connectivity index (χ0n) is 16.8. The molecule has 2 aromatic rings. The van der Waals surface area contributed by atoms with E-state index in [9.17, 15) is 9.59 Å². The van der Waals surface area contributed by atoms with E-state index in [1.165, 1.54) is 6.42 Å². The maximum absolute atomic E-state index is 13.6. The molecule has 0 aliphatic heterocycles. The van der Waals surface area contributed by atoms with Crippen molar-refractivity contribution in [3.63, 3.8) is 0 Å². The second kappa shape index (κ2) is 10.8. The van der Waals surface area contributed by atoms with Crippen LogP contribution in [-0.2, 0) is 9.59 Å². The van der Waals surface area contributed by atoms with E-state index < -0.39 is 6.04 Å². The first-order valence-corrected chi connectivity index (χ1v) is 11.4. The van der Waals surface area contributed by atoms with E-state index in [-0.39, 0.29) is 24.3 Å². The highest BCUT2D eigenvalue weighted by Crippen LogP contribution is 2.34. The quantitative estimate of drug-likeness (QED) is 0.471. The van der Waals surface area contributed by atoms with E-state index >= 15 is 0 Å². The fourth-order valence-electron chi connectivity index (χ4n) is 3.88. The molecule has 0 bridgehead atoms. The molecule has 1 aliphatic rings. The number of para-hydroxylation sites is 1. The predicted molar refractivity (Wildman–Crippen MR) is 126 cm³/mol. The molecule has 6 heteroatoms. The van der Waals surface area contributed by atoms with Gasteiger partial charge in [0.2, 0.25) is 11.8 Å². The average Bonchev–Trinajstić information content (AvgIpc) is 2.74. The van der Waals surface area contributed by atoms with Crippen LogP contribution in [-0.4, -0.2) is 17.9 Å². The third kappa shape index (κ3) is 5.52. The van der Waals surface area contributed by atoms with Gasteiger partial charge in [-0.05, 0) is 58.6 Å². The molecule has 2 aromatic carbocycles. The van der Waals surface area contributed by atoms with Crippen LogP contribution in [0.2, 0.25) is 5.02 Å². The van der Waals surface area contributed by atoms with Crippen LogP contribution in [0.25, 0.3) is 0 Å². The van der Waals surface area contributed by atoms with Gasteiger partial charge in [0, 0.05) is 22.0 Å². The van der Waals surface area contributed by atoms with Crippen LogP contribution in [0.15, 0.2) is 65.7 Å². The van der Waals surface area contributed by atoms with Crippen molar-refractivity contribution in [2.75, 3.05) is 4.90 Å². The summed E-state index contributed by atoms with van der Waals surface area (Å²) in [5.74, 6) is -0.381. The highest BCUT2D eigenvalue weighted by molar-refractivity contribution is 9.10. The van der Waals surface area contributed by atoms with E-state index in [1.54, 1.807) is 35.2 Å². The highest BCUT2D eigenvalue weighted by atomic mass is 79.9. The summed E-state index contributed by atoms with van der Waals surface area (Å²) in [5.41, 5.74) is 1.35. The van der Waals surface area contributed by atoms with Gasteiger partial charge in [-0.1, -0.05) is 61.2 Å². The van der Waals surface area contributed by atoms with E-state index in [0.717, 1.165) is 30.2 Å². The van der Waals surface area contributed by atoms with Gasteiger partial charge in [0.05, 0.1) is 5.69 Å². The molecular formula is C24H26BrClN2O2. The Hall–Kier alpha value is -2.11. The molecule has 0 aromatic heterocycles. The lowest BCUT2D eigenvalue weighted by molar-refractivity contribution is -0.127. The lowest BCUT2D eigenvalue weighted by Gasteiger charge is -2.34. The molecule has 1 unspecified atom stereocenters. The maximum Gasteiger partial charge on any atom is 0.248 e. The van der Waals surface area contributed by atoms with Gasteiger partial charge in [-0.3, -0.25) is 14.5 Å². The zero-order valence-corrected chi connectivity index (χ0v) is 19.2. The van der Waals surface area contributed by atoms with Gasteiger partial charge < -0.3 is 5.32 Å². The van der Waals surface area contributed by atoms with Gasteiger partial charge in [0.1, 0.15) is 6.04 Å². The molecule has 0 radical (unpaired) electrons. The number of rotatable bonds is 7. The smallest absolute Gasteiger partial charge is 0.248 e. The lowest BCUT2D eigenvalue weighted by atomic mass is 9.94. The first-order valence-electron chi connectivity index (χ1n) is 10.2.